The average molecular weight is 510 g/mol. The summed E-state index contributed by atoms with van der Waals surface area (Å²) in [4.78, 5) is 10.6. The second-order valence-corrected chi connectivity index (χ2v) is 8.59. The van der Waals surface area contributed by atoms with Crippen LogP contribution in [0.3, 0.4) is 0 Å². The van der Waals surface area contributed by atoms with Crippen LogP contribution in [0, 0.1) is 10.1 Å². The van der Waals surface area contributed by atoms with Crippen molar-refractivity contribution in [3.8, 4) is 5.75 Å². The first-order valence-electron chi connectivity index (χ1n) is 12.0. The summed E-state index contributed by atoms with van der Waals surface area (Å²) >= 11 is 0. The summed E-state index contributed by atoms with van der Waals surface area (Å²) in [5.74, 6) is 0.401. The fourth-order valence-electron chi connectivity index (χ4n) is 4.24. The van der Waals surface area contributed by atoms with Crippen molar-refractivity contribution < 1.29 is 33.3 Å². The molecule has 0 N–H and O–H groups in total. The first-order valence-corrected chi connectivity index (χ1v) is 12.0. The van der Waals surface area contributed by atoms with E-state index in [1.165, 1.54) is 24.3 Å². The lowest BCUT2D eigenvalue weighted by atomic mass is 9.98. The molecule has 0 bridgehead atoms. The topological polar surface area (TPSA) is 98.5 Å². The van der Waals surface area contributed by atoms with Crippen molar-refractivity contribution in [3.05, 3.63) is 106 Å². The minimum Gasteiger partial charge on any atom is -0.462 e. The summed E-state index contributed by atoms with van der Waals surface area (Å²) in [6, 6.07) is 25.4. The molecule has 9 nitrogen and oxygen atoms in total. The summed E-state index contributed by atoms with van der Waals surface area (Å²) in [6.07, 6.45) is -3.14. The molecule has 0 radical (unpaired) electrons. The van der Waals surface area contributed by atoms with Crippen LogP contribution in [0.5, 0.6) is 5.75 Å². The molecule has 3 aromatic carbocycles. The van der Waals surface area contributed by atoms with E-state index in [-0.39, 0.29) is 12.3 Å². The van der Waals surface area contributed by atoms with Crippen molar-refractivity contribution in [2.75, 3.05) is 20.8 Å². The number of hydrogen-bond donors (Lipinski definition) is 0. The standard InChI is InChI=1S/C28H31NO8/c1-32-19-24-25(33-2)26(34-17-20-9-5-3-6-10-20)27(35-18-21-11-7-4-8-12-21)28(37-24)36-23-15-13-22(14-16-23)29(30)31/h3-16,24-28H,17-19H2,1-2H3/t24-,25+,26+,27-,28+/m1/s1. The van der Waals surface area contributed by atoms with Gasteiger partial charge in [0.25, 0.3) is 5.69 Å². The van der Waals surface area contributed by atoms with Gasteiger partial charge in [-0.25, -0.2) is 0 Å². The van der Waals surface area contributed by atoms with Gasteiger partial charge in [-0.1, -0.05) is 60.7 Å². The Bertz CT molecular complexity index is 1100. The van der Waals surface area contributed by atoms with Gasteiger partial charge in [-0.2, -0.15) is 0 Å². The van der Waals surface area contributed by atoms with Crippen LogP contribution in [-0.2, 0) is 36.9 Å². The van der Waals surface area contributed by atoms with E-state index in [1.807, 2.05) is 60.7 Å². The maximum atomic E-state index is 11.1. The van der Waals surface area contributed by atoms with E-state index >= 15 is 0 Å². The lowest BCUT2D eigenvalue weighted by Gasteiger charge is -2.45. The van der Waals surface area contributed by atoms with Gasteiger partial charge in [0, 0.05) is 26.4 Å². The normalized spacial score (nSPS) is 23.5. The Labute approximate surface area is 216 Å². The van der Waals surface area contributed by atoms with E-state index < -0.39 is 35.6 Å². The van der Waals surface area contributed by atoms with E-state index in [4.69, 9.17) is 28.4 Å². The first kappa shape index (κ1) is 26.7. The predicted molar refractivity (Wildman–Crippen MR) is 135 cm³/mol. The number of methoxy groups -OCH3 is 2. The lowest BCUT2D eigenvalue weighted by Crippen LogP contribution is -2.62. The second-order valence-electron chi connectivity index (χ2n) is 8.59. The van der Waals surface area contributed by atoms with Gasteiger partial charge in [-0.3, -0.25) is 10.1 Å². The zero-order valence-electron chi connectivity index (χ0n) is 20.8. The third-order valence-electron chi connectivity index (χ3n) is 6.06. The zero-order valence-corrected chi connectivity index (χ0v) is 20.8. The molecule has 9 heteroatoms. The maximum Gasteiger partial charge on any atom is 0.269 e. The third kappa shape index (κ3) is 7.12. The van der Waals surface area contributed by atoms with Gasteiger partial charge >= 0.3 is 0 Å². The van der Waals surface area contributed by atoms with Gasteiger partial charge in [0.15, 0.2) is 0 Å². The summed E-state index contributed by atoms with van der Waals surface area (Å²) < 4.78 is 36.5. The fourth-order valence-corrected chi connectivity index (χ4v) is 4.24. The van der Waals surface area contributed by atoms with Crippen molar-refractivity contribution in [1.82, 2.24) is 0 Å². The summed E-state index contributed by atoms with van der Waals surface area (Å²) in [7, 11) is 3.18. The van der Waals surface area contributed by atoms with Crippen LogP contribution in [-0.4, -0.2) is 56.5 Å². The Morgan fingerprint density at radius 3 is 1.86 bits per heavy atom. The predicted octanol–water partition coefficient (Wildman–Crippen LogP) is 4.53. The molecule has 4 rings (SSSR count). The summed E-state index contributed by atoms with van der Waals surface area (Å²) in [6.45, 7) is 0.876. The number of non-ortho nitro benzene ring substituents is 1. The molecule has 5 atom stereocenters. The second kappa shape index (κ2) is 13.3. The number of rotatable bonds is 12. The molecule has 1 aliphatic heterocycles. The van der Waals surface area contributed by atoms with E-state index in [1.54, 1.807) is 14.2 Å². The van der Waals surface area contributed by atoms with Crippen molar-refractivity contribution in [2.24, 2.45) is 0 Å². The van der Waals surface area contributed by atoms with Gasteiger partial charge in [0.1, 0.15) is 30.2 Å². The molecule has 3 aromatic rings. The molecule has 37 heavy (non-hydrogen) atoms. The quantitative estimate of drug-likeness (QED) is 0.259. The minimum atomic E-state index is -0.891. The molecule has 196 valence electrons. The number of benzene rings is 3. The summed E-state index contributed by atoms with van der Waals surface area (Å²) in [5.41, 5.74) is 1.95. The number of nitrogens with zero attached hydrogens (tertiary/aromatic N) is 1. The Hall–Kier alpha value is -3.34. The first-order chi connectivity index (χ1) is 18.1. The highest BCUT2D eigenvalue weighted by Crippen LogP contribution is 2.31. The van der Waals surface area contributed by atoms with Gasteiger partial charge < -0.3 is 28.4 Å². The average Bonchev–Trinajstić information content (AvgIpc) is 2.93. The van der Waals surface area contributed by atoms with Crippen molar-refractivity contribution >= 4 is 5.69 Å². The van der Waals surface area contributed by atoms with Gasteiger partial charge in [0.2, 0.25) is 6.29 Å². The van der Waals surface area contributed by atoms with Gasteiger partial charge in [-0.15, -0.1) is 0 Å². The molecular weight excluding hydrogens is 478 g/mol. The molecule has 0 aliphatic carbocycles. The Morgan fingerprint density at radius 1 is 0.784 bits per heavy atom. The SMILES string of the molecule is COC[C@H]1O[C@H](Oc2ccc([N+](=O)[O-])cc2)[C@H](OCc2ccccc2)[C@@H](OCc2ccccc2)[C@H]1OC. The van der Waals surface area contributed by atoms with Crippen LogP contribution < -0.4 is 4.74 Å². The van der Waals surface area contributed by atoms with Crippen LogP contribution >= 0.6 is 0 Å². The van der Waals surface area contributed by atoms with Gasteiger partial charge in [-0.05, 0) is 23.3 Å². The zero-order chi connectivity index (χ0) is 26.0. The highest BCUT2D eigenvalue weighted by molar-refractivity contribution is 5.36. The van der Waals surface area contributed by atoms with Crippen LogP contribution in [0.1, 0.15) is 11.1 Å². The Morgan fingerprint density at radius 2 is 1.35 bits per heavy atom. The minimum absolute atomic E-state index is 0.0328. The van der Waals surface area contributed by atoms with Crippen molar-refractivity contribution in [1.29, 1.82) is 0 Å². The number of hydrogen-bond acceptors (Lipinski definition) is 8. The molecule has 0 saturated carbocycles. The fraction of sp³-hybridized carbons (Fsp3) is 0.357. The van der Waals surface area contributed by atoms with Crippen LogP contribution in [0.15, 0.2) is 84.9 Å². The number of nitro benzene ring substituents is 1. The van der Waals surface area contributed by atoms with Crippen LogP contribution in [0.25, 0.3) is 0 Å². The van der Waals surface area contributed by atoms with Crippen molar-refractivity contribution in [2.45, 2.75) is 43.9 Å². The lowest BCUT2D eigenvalue weighted by molar-refractivity contribution is -0.384. The van der Waals surface area contributed by atoms with E-state index in [9.17, 15) is 10.1 Å². The Kier molecular flexibility index (Phi) is 9.58. The van der Waals surface area contributed by atoms with Gasteiger partial charge in [0.05, 0.1) is 24.7 Å². The van der Waals surface area contributed by atoms with Crippen LogP contribution in [0.2, 0.25) is 0 Å². The highest BCUT2D eigenvalue weighted by atomic mass is 16.7. The number of ether oxygens (including phenoxy) is 6. The molecule has 1 aliphatic rings. The van der Waals surface area contributed by atoms with E-state index in [0.717, 1.165) is 11.1 Å². The molecule has 0 aromatic heterocycles. The molecule has 0 spiro atoms. The third-order valence-corrected chi connectivity index (χ3v) is 6.06. The Balaban J connectivity index is 1.61. The smallest absolute Gasteiger partial charge is 0.269 e. The summed E-state index contributed by atoms with van der Waals surface area (Å²) in [5, 5.41) is 11.1. The molecule has 1 fully saturated rings. The molecule has 1 heterocycles. The van der Waals surface area contributed by atoms with E-state index in [0.29, 0.717) is 19.0 Å². The van der Waals surface area contributed by atoms with E-state index in [2.05, 4.69) is 0 Å². The highest BCUT2D eigenvalue weighted by Gasteiger charge is 2.49. The molecule has 0 unspecified atom stereocenters. The molecular formula is C28H31NO8. The monoisotopic (exact) mass is 509 g/mol. The number of nitro groups is 1. The largest absolute Gasteiger partial charge is 0.462 e. The molecule has 0 amide bonds. The van der Waals surface area contributed by atoms with Crippen LogP contribution in [0.4, 0.5) is 5.69 Å². The van der Waals surface area contributed by atoms with Crippen molar-refractivity contribution in [3.63, 3.8) is 0 Å². The molecule has 1 saturated heterocycles. The maximum absolute atomic E-state index is 11.1.